The molecule has 2 rings (SSSR count). The maximum atomic E-state index is 12.2. The van der Waals surface area contributed by atoms with Crippen molar-refractivity contribution < 1.29 is 23.9 Å². The van der Waals surface area contributed by atoms with Gasteiger partial charge < -0.3 is 20.1 Å². The molecule has 31 heavy (non-hydrogen) atoms. The van der Waals surface area contributed by atoms with E-state index in [1.807, 2.05) is 32.0 Å². The maximum Gasteiger partial charge on any atom is 0.329 e. The third kappa shape index (κ3) is 8.27. The molecule has 0 saturated heterocycles. The van der Waals surface area contributed by atoms with Crippen molar-refractivity contribution in [1.29, 1.82) is 0 Å². The number of para-hydroxylation sites is 1. The lowest BCUT2D eigenvalue weighted by molar-refractivity contribution is -0.139. The molecule has 0 bridgehead atoms. The SMILES string of the molecule is COCCNC(=O)C(=O)N/N=C\c1ccccc1OCC(=O)Nc1cc(C)cc(C)c1. The van der Waals surface area contributed by atoms with E-state index in [4.69, 9.17) is 9.47 Å². The number of aryl methyl sites for hydroxylation is 2. The van der Waals surface area contributed by atoms with E-state index in [1.165, 1.54) is 13.3 Å². The number of hydrogen-bond acceptors (Lipinski definition) is 6. The molecule has 0 radical (unpaired) electrons. The minimum atomic E-state index is -0.904. The lowest BCUT2D eigenvalue weighted by atomic mass is 10.1. The average Bonchev–Trinajstić information content (AvgIpc) is 2.72. The molecule has 164 valence electrons. The van der Waals surface area contributed by atoms with Gasteiger partial charge in [0, 0.05) is 24.9 Å². The Morgan fingerprint density at radius 2 is 1.74 bits per heavy atom. The number of benzene rings is 2. The number of nitrogens with one attached hydrogen (secondary N) is 3. The summed E-state index contributed by atoms with van der Waals surface area (Å²) in [5, 5.41) is 8.95. The predicted octanol–water partition coefficient (Wildman–Crippen LogP) is 1.53. The van der Waals surface area contributed by atoms with E-state index in [-0.39, 0.29) is 19.1 Å². The van der Waals surface area contributed by atoms with Crippen LogP contribution in [0.25, 0.3) is 0 Å². The summed E-state index contributed by atoms with van der Waals surface area (Å²) in [5.41, 5.74) is 5.46. The van der Waals surface area contributed by atoms with Crippen LogP contribution in [-0.4, -0.2) is 50.8 Å². The molecule has 0 heterocycles. The van der Waals surface area contributed by atoms with Gasteiger partial charge in [0.25, 0.3) is 5.91 Å². The van der Waals surface area contributed by atoms with Crippen molar-refractivity contribution in [2.45, 2.75) is 13.8 Å². The van der Waals surface area contributed by atoms with Crippen molar-refractivity contribution in [3.8, 4) is 5.75 Å². The average molecular weight is 426 g/mol. The van der Waals surface area contributed by atoms with Crippen LogP contribution in [0.3, 0.4) is 0 Å². The van der Waals surface area contributed by atoms with Gasteiger partial charge in [-0.1, -0.05) is 18.2 Å². The monoisotopic (exact) mass is 426 g/mol. The molecular weight excluding hydrogens is 400 g/mol. The van der Waals surface area contributed by atoms with Gasteiger partial charge in [0.05, 0.1) is 12.8 Å². The van der Waals surface area contributed by atoms with E-state index in [9.17, 15) is 14.4 Å². The van der Waals surface area contributed by atoms with Gasteiger partial charge in [-0.3, -0.25) is 14.4 Å². The molecule has 3 amide bonds. The number of hydrogen-bond donors (Lipinski definition) is 3. The second kappa shape index (κ2) is 12.1. The number of anilines is 1. The number of rotatable bonds is 9. The highest BCUT2D eigenvalue weighted by Gasteiger charge is 2.11. The van der Waals surface area contributed by atoms with Crippen LogP contribution in [0.1, 0.15) is 16.7 Å². The third-order valence-electron chi connectivity index (χ3n) is 3.95. The number of carbonyl (C=O) groups excluding carboxylic acids is 3. The van der Waals surface area contributed by atoms with Crippen molar-refractivity contribution in [2.75, 3.05) is 32.2 Å². The first-order valence-electron chi connectivity index (χ1n) is 9.59. The highest BCUT2D eigenvalue weighted by atomic mass is 16.5. The highest BCUT2D eigenvalue weighted by molar-refractivity contribution is 6.35. The van der Waals surface area contributed by atoms with E-state index in [0.29, 0.717) is 23.6 Å². The van der Waals surface area contributed by atoms with E-state index < -0.39 is 11.8 Å². The summed E-state index contributed by atoms with van der Waals surface area (Å²) >= 11 is 0. The van der Waals surface area contributed by atoms with Gasteiger partial charge in [0.15, 0.2) is 6.61 Å². The normalized spacial score (nSPS) is 10.5. The number of amides is 3. The molecule has 0 aliphatic carbocycles. The van der Waals surface area contributed by atoms with Crippen molar-refractivity contribution >= 4 is 29.6 Å². The number of methoxy groups -OCH3 is 1. The van der Waals surface area contributed by atoms with Crippen molar-refractivity contribution in [3.05, 3.63) is 59.2 Å². The van der Waals surface area contributed by atoms with E-state index >= 15 is 0 Å². The predicted molar refractivity (Wildman–Crippen MR) is 117 cm³/mol. The molecule has 0 aliphatic heterocycles. The third-order valence-corrected chi connectivity index (χ3v) is 3.95. The first kappa shape index (κ1) is 23.6. The number of nitrogens with zero attached hydrogens (tertiary/aromatic N) is 1. The molecule has 9 nitrogen and oxygen atoms in total. The molecule has 0 fully saturated rings. The molecule has 0 unspecified atom stereocenters. The molecular formula is C22H26N4O5. The Morgan fingerprint density at radius 3 is 2.45 bits per heavy atom. The van der Waals surface area contributed by atoms with Gasteiger partial charge in [0.1, 0.15) is 5.75 Å². The number of ether oxygens (including phenoxy) is 2. The zero-order valence-corrected chi connectivity index (χ0v) is 17.7. The standard InChI is InChI=1S/C22H26N4O5/c1-15-10-16(2)12-18(11-15)25-20(27)14-31-19-7-5-4-6-17(19)13-24-26-22(29)21(28)23-8-9-30-3/h4-7,10-13H,8-9,14H2,1-3H3,(H,23,28)(H,25,27)(H,26,29)/b24-13-. The van der Waals surface area contributed by atoms with Crippen molar-refractivity contribution in [2.24, 2.45) is 5.10 Å². The zero-order valence-electron chi connectivity index (χ0n) is 17.7. The summed E-state index contributed by atoms with van der Waals surface area (Å²) in [4.78, 5) is 35.5. The lowest BCUT2D eigenvalue weighted by Crippen LogP contribution is -2.39. The summed E-state index contributed by atoms with van der Waals surface area (Å²) in [7, 11) is 1.49. The zero-order chi connectivity index (χ0) is 22.6. The van der Waals surface area contributed by atoms with Gasteiger partial charge in [-0.25, -0.2) is 5.43 Å². The smallest absolute Gasteiger partial charge is 0.329 e. The summed E-state index contributed by atoms with van der Waals surface area (Å²) in [6.07, 6.45) is 1.33. The van der Waals surface area contributed by atoms with Crippen LogP contribution in [0.2, 0.25) is 0 Å². The summed E-state index contributed by atoms with van der Waals surface area (Å²) in [5.74, 6) is -1.63. The van der Waals surface area contributed by atoms with Gasteiger partial charge in [-0.05, 0) is 49.2 Å². The second-order valence-corrected chi connectivity index (χ2v) is 6.70. The molecule has 0 atom stereocenters. The topological polar surface area (TPSA) is 118 Å². The first-order chi connectivity index (χ1) is 14.9. The molecule has 9 heteroatoms. The molecule has 3 N–H and O–H groups in total. The van der Waals surface area contributed by atoms with E-state index in [1.54, 1.807) is 24.3 Å². The van der Waals surface area contributed by atoms with Crippen molar-refractivity contribution in [3.63, 3.8) is 0 Å². The fourth-order valence-corrected chi connectivity index (χ4v) is 2.66. The molecule has 0 saturated carbocycles. The Balaban J connectivity index is 1.89. The van der Waals surface area contributed by atoms with E-state index in [2.05, 4.69) is 21.2 Å². The molecule has 0 aromatic heterocycles. The molecule has 0 aliphatic rings. The highest BCUT2D eigenvalue weighted by Crippen LogP contribution is 2.17. The number of hydrazone groups is 1. The Labute approximate surface area is 180 Å². The quantitative estimate of drug-likeness (QED) is 0.243. The van der Waals surface area contributed by atoms with Crippen LogP contribution in [0.5, 0.6) is 5.75 Å². The Morgan fingerprint density at radius 1 is 1.03 bits per heavy atom. The maximum absolute atomic E-state index is 12.2. The van der Waals surface area contributed by atoms with Crippen LogP contribution in [0.4, 0.5) is 5.69 Å². The van der Waals surface area contributed by atoms with Crippen LogP contribution < -0.4 is 20.8 Å². The lowest BCUT2D eigenvalue weighted by Gasteiger charge is -2.10. The summed E-state index contributed by atoms with van der Waals surface area (Å²) < 4.78 is 10.4. The Kier molecular flexibility index (Phi) is 9.18. The van der Waals surface area contributed by atoms with Crippen molar-refractivity contribution in [1.82, 2.24) is 10.7 Å². The van der Waals surface area contributed by atoms with Gasteiger partial charge in [0.2, 0.25) is 0 Å². The fourth-order valence-electron chi connectivity index (χ4n) is 2.66. The second-order valence-electron chi connectivity index (χ2n) is 6.70. The van der Waals surface area contributed by atoms with E-state index in [0.717, 1.165) is 11.1 Å². The fraction of sp³-hybridized carbons (Fsp3) is 0.273. The van der Waals surface area contributed by atoms with Gasteiger partial charge in [-0.15, -0.1) is 0 Å². The van der Waals surface area contributed by atoms with Crippen LogP contribution >= 0.6 is 0 Å². The largest absolute Gasteiger partial charge is 0.483 e. The molecule has 2 aromatic carbocycles. The van der Waals surface area contributed by atoms with Crippen LogP contribution in [-0.2, 0) is 19.1 Å². The molecule has 0 spiro atoms. The Hall–Kier alpha value is -3.72. The first-order valence-corrected chi connectivity index (χ1v) is 9.59. The van der Waals surface area contributed by atoms with Crippen LogP contribution in [0.15, 0.2) is 47.6 Å². The summed E-state index contributed by atoms with van der Waals surface area (Å²) in [6.45, 7) is 4.22. The minimum absolute atomic E-state index is 0.202. The van der Waals surface area contributed by atoms with Gasteiger partial charge in [-0.2, -0.15) is 5.10 Å². The molecule has 2 aromatic rings. The van der Waals surface area contributed by atoms with Crippen LogP contribution in [0, 0.1) is 13.8 Å². The minimum Gasteiger partial charge on any atom is -0.483 e. The number of carbonyl (C=O) groups is 3. The van der Waals surface area contributed by atoms with Gasteiger partial charge >= 0.3 is 11.8 Å². The Bertz CT molecular complexity index is 938. The summed E-state index contributed by atoms with van der Waals surface area (Å²) in [6, 6.07) is 12.6.